The van der Waals surface area contributed by atoms with Crippen LogP contribution in [0, 0.1) is 42.4 Å². The molecule has 2 aromatic rings. The molecule has 38 nitrogen and oxygen atoms in total. The molecule has 5 bridgehead atoms. The summed E-state index contributed by atoms with van der Waals surface area (Å²) in [7, 11) is 1.34. The lowest BCUT2D eigenvalue weighted by molar-refractivity contribution is -0.160. The number of carbonyl (C=O) groups excluding carboxylic acids is 14. The van der Waals surface area contributed by atoms with E-state index in [0.717, 1.165) is 33.1 Å². The average molecular weight is 1530 g/mol. The molecule has 4 aliphatic rings. The maximum atomic E-state index is 14.9. The van der Waals surface area contributed by atoms with Gasteiger partial charge >= 0.3 is 11.8 Å². The van der Waals surface area contributed by atoms with E-state index in [0.29, 0.717) is 0 Å². The quantitative estimate of drug-likeness (QED) is 0.0427. The number of hydrogen-bond acceptors (Lipinski definition) is 28. The number of fused-ring (bicyclic) bond motifs is 14. The number of esters is 1. The van der Waals surface area contributed by atoms with Gasteiger partial charge in [-0.1, -0.05) is 59.8 Å². The molecule has 4 aliphatic heterocycles. The second-order valence-corrected chi connectivity index (χ2v) is 27.4. The van der Waals surface area contributed by atoms with Crippen molar-refractivity contribution < 1.29 is 137 Å². The number of aliphatic hydroxyl groups excluding tert-OH is 7. The van der Waals surface area contributed by atoms with E-state index in [1.807, 2.05) is 16.0 Å². The molecule has 20 atom stereocenters. The van der Waals surface area contributed by atoms with E-state index < -0.39 is 275 Å². The van der Waals surface area contributed by atoms with Gasteiger partial charge in [-0.05, 0) is 46.6 Å². The largest absolute Gasteiger partial charge is 0.507 e. The number of allylic oxidation sites excluding steroid dienone is 2. The lowest BCUT2D eigenvalue weighted by Gasteiger charge is -2.38. The van der Waals surface area contributed by atoms with E-state index in [-0.39, 0.29) is 22.4 Å². The van der Waals surface area contributed by atoms with Crippen LogP contribution in [0.15, 0.2) is 42.2 Å². The van der Waals surface area contributed by atoms with Gasteiger partial charge < -0.3 is 123 Å². The lowest BCUT2D eigenvalue weighted by atomic mass is 9.78. The number of ketones is 3. The summed E-state index contributed by atoms with van der Waals surface area (Å²) in [6.07, 6.45) is -7.91. The molecule has 10 amide bonds. The zero-order chi connectivity index (χ0) is 81.6. The van der Waals surface area contributed by atoms with Crippen molar-refractivity contribution in [2.24, 2.45) is 41.2 Å². The third kappa shape index (κ3) is 21.3. The van der Waals surface area contributed by atoms with Gasteiger partial charge in [-0.2, -0.15) is 0 Å². The van der Waals surface area contributed by atoms with Crippen molar-refractivity contribution in [3.63, 3.8) is 0 Å². The first-order valence-electron chi connectivity index (χ1n) is 34.4. The van der Waals surface area contributed by atoms with Crippen molar-refractivity contribution in [1.82, 2.24) is 42.5 Å². The summed E-state index contributed by atoms with van der Waals surface area (Å²) in [4.78, 5) is 191. The van der Waals surface area contributed by atoms with Gasteiger partial charge in [0, 0.05) is 86.1 Å². The first-order valence-corrected chi connectivity index (χ1v) is 34.4. The molecule has 1 saturated heterocycles. The number of aromatic hydroxyl groups is 2. The van der Waals surface area contributed by atoms with E-state index in [2.05, 4.69) is 31.9 Å². The van der Waals surface area contributed by atoms with E-state index in [1.165, 1.54) is 66.9 Å². The van der Waals surface area contributed by atoms with Crippen molar-refractivity contribution in [3.05, 3.63) is 53.3 Å². The molecule has 1 fully saturated rings. The number of methoxy groups -OCH3 is 1. The van der Waals surface area contributed by atoms with Crippen LogP contribution in [0.1, 0.15) is 105 Å². The van der Waals surface area contributed by atoms with Crippen molar-refractivity contribution in [2.45, 2.75) is 187 Å². The van der Waals surface area contributed by atoms with Gasteiger partial charge in [0.15, 0.2) is 36.1 Å². The molecule has 108 heavy (non-hydrogen) atoms. The Kier molecular flexibility index (Phi) is 31.1. The number of Topliss-reactive ketones (excluding diaryl/α,β-unsaturated/α-hetero) is 3. The molecule has 4 heterocycles. The van der Waals surface area contributed by atoms with Crippen molar-refractivity contribution in [2.75, 3.05) is 38.7 Å². The normalized spacial score (nSPS) is 30.0. The molecule has 0 spiro atoms. The number of phenolic OH excluding ortho intramolecular Hbond substituents is 2. The highest BCUT2D eigenvalue weighted by Gasteiger charge is 2.50. The van der Waals surface area contributed by atoms with Gasteiger partial charge in [0.25, 0.3) is 29.4 Å². The fraction of sp³-hybridized carbons (Fsp3) is 0.571. The number of amides is 10. The number of ether oxygens (including phenoxy) is 5. The maximum absolute atomic E-state index is 14.9. The molecule has 0 aliphatic carbocycles. The van der Waals surface area contributed by atoms with E-state index in [9.17, 15) is 113 Å². The third-order valence-electron chi connectivity index (χ3n) is 18.8. The zero-order valence-electron chi connectivity index (χ0n) is 61.9. The number of carbonyl (C=O) groups is 14. The molecular weight excluding hydrogens is 1430 g/mol. The molecule has 11 unspecified atom stereocenters. The SMILES string of the molecule is CO[C@H]1/C=C/O[C@@]2(C)Oc3c(C)c(O)c4c(O)c(cc(OCC(=O)NC(C)C(=O)NCC5NC(=O)C(C(C)=O)NC(=O)C(O)CNC(=O)C(C(C)O)NC(=O)C(C(O)C(O)C(N)=O)NC(=O)C(C(C)C)CC(=O)C(CO)NC5=O)c4c3C2=O)NC(=O)/C(C)=C\C=C\[C@H](C)[C@H](O)[C@@H](C)[C@@H](O)[C@@H](C)[C@H](OC(C)=O)[C@@H]1C. The van der Waals surface area contributed by atoms with Gasteiger partial charge in [-0.25, -0.2) is 0 Å². The van der Waals surface area contributed by atoms with Gasteiger partial charge in [0.1, 0.15) is 65.8 Å². The number of nitrogens with two attached hydrogens (primary N) is 1. The summed E-state index contributed by atoms with van der Waals surface area (Å²) >= 11 is 0. The summed E-state index contributed by atoms with van der Waals surface area (Å²) < 4.78 is 29.7. The van der Waals surface area contributed by atoms with Gasteiger partial charge in [-0.3, -0.25) is 67.1 Å². The zero-order valence-corrected chi connectivity index (χ0v) is 61.9. The van der Waals surface area contributed by atoms with Crippen LogP contribution in [0.5, 0.6) is 23.0 Å². The Morgan fingerprint density at radius 3 is 1.97 bits per heavy atom. The van der Waals surface area contributed by atoms with E-state index >= 15 is 0 Å². The number of phenols is 2. The van der Waals surface area contributed by atoms with Crippen LogP contribution < -0.4 is 63.1 Å². The number of aliphatic hydroxyl groups is 7. The van der Waals surface area contributed by atoms with Crippen LogP contribution >= 0.6 is 0 Å². The van der Waals surface area contributed by atoms with Crippen LogP contribution in [-0.4, -0.2) is 253 Å². The van der Waals surface area contributed by atoms with Crippen LogP contribution in [0.25, 0.3) is 10.8 Å². The molecule has 2 aromatic carbocycles. The lowest BCUT2D eigenvalue weighted by Crippen LogP contribution is -2.64. The van der Waals surface area contributed by atoms with Crippen LogP contribution in [-0.2, 0) is 76.5 Å². The highest BCUT2D eigenvalue weighted by Crippen LogP contribution is 2.54. The van der Waals surface area contributed by atoms with Crippen LogP contribution in [0.4, 0.5) is 5.69 Å². The van der Waals surface area contributed by atoms with Crippen molar-refractivity contribution >= 4 is 98.9 Å². The molecule has 6 rings (SSSR count). The number of benzene rings is 2. The Hall–Kier alpha value is -10.2. The number of β-amino-alcohol motifs (C(OH)–C–C–N with tert-alkyl or cyclic N) is 1. The van der Waals surface area contributed by atoms with Crippen LogP contribution in [0.2, 0.25) is 0 Å². The monoisotopic (exact) mass is 1530 g/mol. The highest BCUT2D eigenvalue weighted by atomic mass is 16.7. The van der Waals surface area contributed by atoms with Crippen molar-refractivity contribution in [3.8, 4) is 23.0 Å². The maximum Gasteiger partial charge on any atom is 0.312 e. The van der Waals surface area contributed by atoms with Gasteiger partial charge in [0.2, 0.25) is 35.4 Å². The molecule has 596 valence electrons. The Balaban J connectivity index is 1.51. The molecule has 0 radical (unpaired) electrons. The molecule has 0 saturated carbocycles. The Labute approximate surface area is 619 Å². The molecule has 20 N–H and O–H groups in total. The minimum absolute atomic E-state index is 0.0000571. The average Bonchev–Trinajstić information content (AvgIpc) is 1.51. The predicted octanol–water partition coefficient (Wildman–Crippen LogP) is -4.64. The summed E-state index contributed by atoms with van der Waals surface area (Å²) in [5.41, 5.74) is 4.19. The predicted molar refractivity (Wildman–Crippen MR) is 376 cm³/mol. The van der Waals surface area contributed by atoms with Crippen molar-refractivity contribution in [1.29, 1.82) is 0 Å². The third-order valence-corrected chi connectivity index (χ3v) is 18.8. The van der Waals surface area contributed by atoms with Gasteiger partial charge in [-0.15, -0.1) is 0 Å². The Morgan fingerprint density at radius 2 is 1.39 bits per heavy atom. The topological polar surface area (TPSA) is 601 Å². The smallest absolute Gasteiger partial charge is 0.312 e. The number of hydrogen-bond donors (Lipinski definition) is 19. The minimum atomic E-state index is -2.58. The number of nitrogens with one attached hydrogen (secondary N) is 9. The highest BCUT2D eigenvalue weighted by molar-refractivity contribution is 6.22. The Morgan fingerprint density at radius 1 is 0.759 bits per heavy atom. The Bertz CT molecular complexity index is 3880. The molecule has 0 aromatic heterocycles. The fourth-order valence-electron chi connectivity index (χ4n) is 12.1. The second-order valence-electron chi connectivity index (χ2n) is 27.4. The summed E-state index contributed by atoms with van der Waals surface area (Å²) in [6, 6.07) is -11.5. The number of anilines is 1. The molecular formula is C70H98N10O28. The van der Waals surface area contributed by atoms with Crippen LogP contribution in [0.3, 0.4) is 0 Å². The number of rotatable bonds is 16. The summed E-state index contributed by atoms with van der Waals surface area (Å²) in [5, 5.41) is 119. The second kappa shape index (κ2) is 38.0. The first kappa shape index (κ1) is 88.4. The first-order chi connectivity index (χ1) is 50.3. The molecule has 38 heteroatoms. The minimum Gasteiger partial charge on any atom is -0.507 e. The number of primary amides is 1. The van der Waals surface area contributed by atoms with Gasteiger partial charge in [0.05, 0.1) is 60.5 Å². The summed E-state index contributed by atoms with van der Waals surface area (Å²) in [5.74, 6) is -27.4. The summed E-state index contributed by atoms with van der Waals surface area (Å²) in [6.45, 7) is 12.9. The standard InChI is InChI=1S/C70H98N10O28/c1-26(2)37-20-41(85)40(24-81)77-65(99)39(76-68(102)50(35(11)83)78-66(100)42(86)23-73-67(101)49(34(10)82)79-69(103)51(80-64(37)98)56(92)57(93)61(71)95)22-72-63(97)33(9)74-45(87)25-105-44-21-38-55(91)47-46(44)48-59(32(8)54(47)90)108-70(13,60(48)94)106-19-18-43(104-14)29(5)58(107-36(12)84)31(7)53(89)30(6)52(88)27(3)16-15-17-28(4)62(96)75-38/h15-19,21,26-27,29-31,33-34,37,39-40,42-43,49-53,56-58,81-82,86,88-93H,20,22-25H2,1-14H3,(H2,71,95)(H,72,97)(H,73,101)(H,74,87)(H,75,96)(H,76,102)(H,77,99)(H,78,100)(H,79,103)(H,80,98)/b16-15+,19-18+,28-17-/t27-,29+,30+,31+,33?,34?,37?,39?,40?,42?,43-,49?,50?,51?,52-,53+,56?,57?,58+,70-/m0/s1. The van der Waals surface area contributed by atoms with E-state index in [1.54, 1.807) is 33.8 Å². The van der Waals surface area contributed by atoms with E-state index in [4.69, 9.17) is 29.4 Å². The fourth-order valence-corrected chi connectivity index (χ4v) is 12.1.